The van der Waals surface area contributed by atoms with Crippen molar-refractivity contribution in [2.24, 2.45) is 0 Å². The van der Waals surface area contributed by atoms with Gasteiger partial charge in [-0.15, -0.1) is 0 Å². The van der Waals surface area contributed by atoms with Crippen LogP contribution in [0, 0.1) is 11.3 Å². The molecular formula is C43H30N2Si. The number of rotatable bonds is 6. The molecule has 0 radical (unpaired) electrons. The molecule has 8 rings (SSSR count). The number of hydrogen-bond acceptors (Lipinski definition) is 1. The molecule has 0 saturated heterocycles. The predicted molar refractivity (Wildman–Crippen MR) is 195 cm³/mol. The second-order valence-corrected chi connectivity index (χ2v) is 15.4. The van der Waals surface area contributed by atoms with Gasteiger partial charge in [-0.2, -0.15) is 5.26 Å². The summed E-state index contributed by atoms with van der Waals surface area (Å²) in [6, 6.07) is 67.5. The summed E-state index contributed by atoms with van der Waals surface area (Å²) in [6.07, 6.45) is 0. The van der Waals surface area contributed by atoms with Gasteiger partial charge in [-0.1, -0.05) is 164 Å². The Morgan fingerprint density at radius 1 is 0.435 bits per heavy atom. The highest BCUT2D eigenvalue weighted by Crippen LogP contribution is 2.35. The number of hydrogen-bond donors (Lipinski definition) is 0. The Bertz CT molecular complexity index is 2220. The zero-order valence-corrected chi connectivity index (χ0v) is 26.2. The maximum Gasteiger partial charge on any atom is 0.179 e. The van der Waals surface area contributed by atoms with E-state index < -0.39 is 8.07 Å². The van der Waals surface area contributed by atoms with Crippen molar-refractivity contribution >= 4 is 50.6 Å². The highest BCUT2D eigenvalue weighted by molar-refractivity contribution is 7.19. The summed E-state index contributed by atoms with van der Waals surface area (Å²) in [4.78, 5) is 0. The monoisotopic (exact) mass is 602 g/mol. The largest absolute Gasteiger partial charge is 0.308 e. The maximum atomic E-state index is 10.8. The van der Waals surface area contributed by atoms with Crippen LogP contribution < -0.4 is 20.7 Å². The second-order valence-electron chi connectivity index (χ2n) is 11.6. The molecule has 0 saturated carbocycles. The van der Waals surface area contributed by atoms with Gasteiger partial charge in [0, 0.05) is 16.3 Å². The predicted octanol–water partition coefficient (Wildman–Crippen LogP) is 7.70. The van der Waals surface area contributed by atoms with Crippen molar-refractivity contribution in [2.45, 2.75) is 0 Å². The van der Waals surface area contributed by atoms with Crippen LogP contribution in [0.4, 0.5) is 0 Å². The lowest BCUT2D eigenvalue weighted by atomic mass is 9.98. The number of nitrogens with zero attached hydrogens (tertiary/aromatic N) is 2. The summed E-state index contributed by atoms with van der Waals surface area (Å²) in [5, 5.41) is 18.4. The van der Waals surface area contributed by atoms with Gasteiger partial charge in [0.05, 0.1) is 22.3 Å². The molecule has 216 valence electrons. The normalized spacial score (nSPS) is 11.5. The molecule has 0 spiro atoms. The Morgan fingerprint density at radius 3 is 1.41 bits per heavy atom. The van der Waals surface area contributed by atoms with E-state index in [9.17, 15) is 5.26 Å². The fourth-order valence-corrected chi connectivity index (χ4v) is 12.0. The van der Waals surface area contributed by atoms with Gasteiger partial charge in [-0.3, -0.25) is 0 Å². The van der Waals surface area contributed by atoms with Crippen LogP contribution in [-0.2, 0) is 0 Å². The molecule has 7 aromatic carbocycles. The smallest absolute Gasteiger partial charge is 0.179 e. The third-order valence-corrected chi connectivity index (χ3v) is 14.0. The minimum Gasteiger partial charge on any atom is -0.308 e. The first-order valence-electron chi connectivity index (χ1n) is 15.6. The van der Waals surface area contributed by atoms with Crippen LogP contribution >= 0.6 is 0 Å². The van der Waals surface area contributed by atoms with Crippen LogP contribution in [0.5, 0.6) is 0 Å². The Hall–Kier alpha value is -5.95. The Kier molecular flexibility index (Phi) is 6.91. The molecule has 3 heteroatoms. The number of nitriles is 1. The van der Waals surface area contributed by atoms with Crippen molar-refractivity contribution < 1.29 is 0 Å². The molecule has 0 atom stereocenters. The number of aromatic nitrogens is 1. The van der Waals surface area contributed by atoms with Crippen molar-refractivity contribution in [2.75, 3.05) is 0 Å². The van der Waals surface area contributed by atoms with E-state index in [1.165, 1.54) is 31.5 Å². The lowest BCUT2D eigenvalue weighted by Gasteiger charge is -2.34. The number of benzene rings is 7. The van der Waals surface area contributed by atoms with Crippen molar-refractivity contribution in [1.29, 1.82) is 5.26 Å². The van der Waals surface area contributed by atoms with E-state index >= 15 is 0 Å². The van der Waals surface area contributed by atoms with E-state index in [1.807, 2.05) is 0 Å². The molecule has 0 unspecified atom stereocenters. The Balaban J connectivity index is 1.40. The minimum atomic E-state index is -2.72. The van der Waals surface area contributed by atoms with E-state index in [1.54, 1.807) is 0 Å². The summed E-state index contributed by atoms with van der Waals surface area (Å²) in [5.74, 6) is 0. The molecular weight excluding hydrogens is 573 g/mol. The number of para-hydroxylation sites is 2. The van der Waals surface area contributed by atoms with Gasteiger partial charge < -0.3 is 4.57 Å². The molecule has 0 bridgehead atoms. The molecule has 0 amide bonds. The van der Waals surface area contributed by atoms with Crippen LogP contribution in [0.25, 0.3) is 38.6 Å². The topological polar surface area (TPSA) is 28.7 Å². The molecule has 0 N–H and O–H groups in total. The third-order valence-electron chi connectivity index (χ3n) is 9.20. The molecule has 0 aliphatic carbocycles. The Labute approximate surface area is 270 Å². The third kappa shape index (κ3) is 4.31. The Morgan fingerprint density at radius 2 is 0.891 bits per heavy atom. The number of fused-ring (bicyclic) bond motifs is 3. The highest BCUT2D eigenvalue weighted by atomic mass is 28.3. The van der Waals surface area contributed by atoms with Gasteiger partial charge in [-0.05, 0) is 44.5 Å². The molecule has 2 nitrogen and oxygen atoms in total. The van der Waals surface area contributed by atoms with E-state index in [0.717, 1.165) is 27.8 Å². The van der Waals surface area contributed by atoms with Gasteiger partial charge >= 0.3 is 0 Å². The lowest BCUT2D eigenvalue weighted by Crippen LogP contribution is -2.74. The van der Waals surface area contributed by atoms with Crippen LogP contribution in [0.15, 0.2) is 182 Å². The molecule has 0 aliphatic heterocycles. The summed E-state index contributed by atoms with van der Waals surface area (Å²) in [5.41, 5.74) is 5.71. The van der Waals surface area contributed by atoms with E-state index in [-0.39, 0.29) is 0 Å². The van der Waals surface area contributed by atoms with Crippen molar-refractivity contribution in [3.05, 3.63) is 188 Å². The van der Waals surface area contributed by atoms with Crippen molar-refractivity contribution in [1.82, 2.24) is 4.57 Å². The average molecular weight is 603 g/mol. The van der Waals surface area contributed by atoms with Gasteiger partial charge in [-0.25, -0.2) is 0 Å². The van der Waals surface area contributed by atoms with Gasteiger partial charge in [0.25, 0.3) is 0 Å². The fourth-order valence-electron chi connectivity index (χ4n) is 7.25. The first kappa shape index (κ1) is 27.6. The van der Waals surface area contributed by atoms with Gasteiger partial charge in [0.1, 0.15) is 6.07 Å². The first-order valence-corrected chi connectivity index (χ1v) is 17.6. The van der Waals surface area contributed by atoms with Crippen LogP contribution in [-0.4, -0.2) is 12.6 Å². The molecule has 0 aliphatic rings. The SMILES string of the molecule is N#Cc1c(-c2cccc([Si](c3ccccc3)(c3ccccc3)c3ccccc3)c2)cccc1-n1c2ccccc2c2ccccc21. The molecule has 46 heavy (non-hydrogen) atoms. The molecule has 0 fully saturated rings. The average Bonchev–Trinajstić information content (AvgIpc) is 3.47. The summed E-state index contributed by atoms with van der Waals surface area (Å²) in [7, 11) is -2.72. The second kappa shape index (κ2) is 11.5. The van der Waals surface area contributed by atoms with E-state index in [4.69, 9.17) is 0 Å². The first-order chi connectivity index (χ1) is 22.8. The van der Waals surface area contributed by atoms with Gasteiger partial charge in [0.2, 0.25) is 0 Å². The zero-order chi connectivity index (χ0) is 30.9. The van der Waals surface area contributed by atoms with Crippen LogP contribution in [0.1, 0.15) is 5.56 Å². The van der Waals surface area contributed by atoms with Crippen LogP contribution in [0.3, 0.4) is 0 Å². The molecule has 8 aromatic rings. The minimum absolute atomic E-state index is 0.664. The lowest BCUT2D eigenvalue weighted by molar-refractivity contribution is 1.17. The summed E-state index contributed by atoms with van der Waals surface area (Å²) >= 11 is 0. The van der Waals surface area contributed by atoms with Crippen molar-refractivity contribution in [3.8, 4) is 22.9 Å². The van der Waals surface area contributed by atoms with Gasteiger partial charge in [0.15, 0.2) is 8.07 Å². The molecule has 1 heterocycles. The van der Waals surface area contributed by atoms with Crippen LogP contribution in [0.2, 0.25) is 0 Å². The summed E-state index contributed by atoms with van der Waals surface area (Å²) in [6.45, 7) is 0. The molecule has 1 aromatic heterocycles. The standard InChI is InChI=1S/C43H30N2Si/c44-31-40-37(26-15-29-43(40)45-41-27-12-10-24-38(41)39-25-11-13-28-42(39)45)32-16-14-23-36(30-32)46(33-17-4-1-5-18-33,34-19-6-2-7-20-34)35-21-8-3-9-22-35/h1-30H. The summed E-state index contributed by atoms with van der Waals surface area (Å²) < 4.78 is 2.24. The fraction of sp³-hybridized carbons (Fsp3) is 0. The zero-order valence-electron chi connectivity index (χ0n) is 25.2. The van der Waals surface area contributed by atoms with E-state index in [2.05, 4.69) is 193 Å². The van der Waals surface area contributed by atoms with E-state index in [0.29, 0.717) is 5.56 Å². The maximum absolute atomic E-state index is 10.8. The van der Waals surface area contributed by atoms with Crippen molar-refractivity contribution in [3.63, 3.8) is 0 Å². The highest BCUT2D eigenvalue weighted by Gasteiger charge is 2.41. The quantitative estimate of drug-likeness (QED) is 0.142.